The van der Waals surface area contributed by atoms with Gasteiger partial charge in [0, 0.05) is 12.8 Å². The Balaban J connectivity index is 3.36. The van der Waals surface area contributed by atoms with Gasteiger partial charge in [0.05, 0.1) is 25.4 Å². The molecule has 77 heavy (non-hydrogen) atoms. The number of amides is 1. The van der Waals surface area contributed by atoms with E-state index in [4.69, 9.17) is 4.74 Å². The van der Waals surface area contributed by atoms with Gasteiger partial charge in [-0.05, 0) is 32.1 Å². The van der Waals surface area contributed by atoms with E-state index >= 15 is 0 Å². The largest absolute Gasteiger partial charge is 0.466 e. The van der Waals surface area contributed by atoms with Gasteiger partial charge in [0.2, 0.25) is 5.91 Å². The van der Waals surface area contributed by atoms with E-state index in [0.29, 0.717) is 19.4 Å². The van der Waals surface area contributed by atoms with Crippen molar-refractivity contribution >= 4 is 11.9 Å². The Morgan fingerprint density at radius 2 is 0.597 bits per heavy atom. The zero-order valence-corrected chi connectivity index (χ0v) is 52.5. The van der Waals surface area contributed by atoms with Crippen LogP contribution in [0, 0.1) is 0 Å². The molecular weight excluding hydrogens is 947 g/mol. The molecule has 2 unspecified atom stereocenters. The van der Waals surface area contributed by atoms with Crippen molar-refractivity contribution < 1.29 is 24.5 Å². The lowest BCUT2D eigenvalue weighted by atomic mass is 10.0. The van der Waals surface area contributed by atoms with Crippen LogP contribution in [0.2, 0.25) is 0 Å². The number of aliphatic hydroxyl groups excluding tert-OH is 2. The minimum atomic E-state index is -0.843. The quantitative estimate of drug-likeness (QED) is 0.0320. The highest BCUT2D eigenvalue weighted by Gasteiger charge is 2.18. The molecule has 0 fully saturated rings. The number of hydrogen-bond donors (Lipinski definition) is 3. The summed E-state index contributed by atoms with van der Waals surface area (Å²) in [5.74, 6) is -0.0407. The molecule has 0 aromatic heterocycles. The first-order valence-electron chi connectivity index (χ1n) is 35.5. The van der Waals surface area contributed by atoms with Crippen molar-refractivity contribution in [3.63, 3.8) is 0 Å². The average molecular weight is 1090 g/mol. The van der Waals surface area contributed by atoms with Gasteiger partial charge in [-0.1, -0.05) is 373 Å². The molecule has 0 spiro atoms. The van der Waals surface area contributed by atoms with Crippen LogP contribution in [0.25, 0.3) is 0 Å². The van der Waals surface area contributed by atoms with Crippen molar-refractivity contribution in [2.45, 2.75) is 418 Å². The lowest BCUT2D eigenvalue weighted by molar-refractivity contribution is -0.143. The van der Waals surface area contributed by atoms with Crippen LogP contribution in [0.15, 0.2) is 12.2 Å². The van der Waals surface area contributed by atoms with Crippen LogP contribution in [0.3, 0.4) is 0 Å². The fourth-order valence-corrected chi connectivity index (χ4v) is 11.4. The van der Waals surface area contributed by atoms with Crippen LogP contribution in [-0.4, -0.2) is 47.4 Å². The molecule has 0 aromatic rings. The first-order chi connectivity index (χ1) is 38.0. The molecule has 0 aromatic carbocycles. The van der Waals surface area contributed by atoms with Gasteiger partial charge < -0.3 is 20.3 Å². The van der Waals surface area contributed by atoms with Crippen molar-refractivity contribution in [1.29, 1.82) is 0 Å². The standard InChI is InChI=1S/C71H139NO5/c1-3-5-7-9-11-13-15-17-19-20-29-32-36-39-43-47-51-55-59-63-69(74)68(67-73)72-70(75)64-60-56-52-48-44-40-37-33-30-27-25-23-21-22-24-26-28-31-34-38-42-46-50-54-58-62-66-77-71(76)65-61-57-53-49-45-41-35-18-16-14-12-10-8-6-4-2/h59,63,68-69,73-74H,3-58,60-62,64-67H2,1-2H3,(H,72,75)/b63-59+. The first kappa shape index (κ1) is 75.6. The van der Waals surface area contributed by atoms with Crippen molar-refractivity contribution in [3.8, 4) is 0 Å². The number of allylic oxidation sites excluding steroid dienone is 1. The maximum absolute atomic E-state index is 12.5. The van der Waals surface area contributed by atoms with Crippen LogP contribution in [0.4, 0.5) is 0 Å². The molecule has 3 N–H and O–H groups in total. The second-order valence-corrected chi connectivity index (χ2v) is 24.6. The third-order valence-corrected chi connectivity index (χ3v) is 16.8. The second-order valence-electron chi connectivity index (χ2n) is 24.6. The zero-order chi connectivity index (χ0) is 55.7. The van der Waals surface area contributed by atoms with Gasteiger partial charge in [0.15, 0.2) is 0 Å². The number of hydrogen-bond acceptors (Lipinski definition) is 5. The third-order valence-electron chi connectivity index (χ3n) is 16.8. The van der Waals surface area contributed by atoms with Gasteiger partial charge >= 0.3 is 5.97 Å². The van der Waals surface area contributed by atoms with Gasteiger partial charge in [-0.3, -0.25) is 9.59 Å². The summed E-state index contributed by atoms with van der Waals surface area (Å²) in [5, 5.41) is 23.2. The lowest BCUT2D eigenvalue weighted by Crippen LogP contribution is -2.45. The number of carbonyl (C=O) groups is 2. The van der Waals surface area contributed by atoms with Crippen LogP contribution >= 0.6 is 0 Å². The summed E-state index contributed by atoms with van der Waals surface area (Å²) in [7, 11) is 0. The summed E-state index contributed by atoms with van der Waals surface area (Å²) in [6.45, 7) is 4.95. The Labute approximate surface area is 482 Å². The third kappa shape index (κ3) is 63.6. The van der Waals surface area contributed by atoms with E-state index in [1.165, 1.54) is 340 Å². The van der Waals surface area contributed by atoms with Gasteiger partial charge in [0.1, 0.15) is 0 Å². The first-order valence-corrected chi connectivity index (χ1v) is 35.5. The Kier molecular flexibility index (Phi) is 65.9. The molecule has 6 nitrogen and oxygen atoms in total. The van der Waals surface area contributed by atoms with E-state index in [1.807, 2.05) is 6.08 Å². The van der Waals surface area contributed by atoms with Gasteiger partial charge in [-0.2, -0.15) is 0 Å². The minimum Gasteiger partial charge on any atom is -0.466 e. The lowest BCUT2D eigenvalue weighted by Gasteiger charge is -2.20. The maximum atomic E-state index is 12.5. The summed E-state index contributed by atoms with van der Waals surface area (Å²) in [4.78, 5) is 24.6. The Hall–Kier alpha value is -1.40. The highest BCUT2D eigenvalue weighted by molar-refractivity contribution is 5.76. The maximum Gasteiger partial charge on any atom is 0.305 e. The van der Waals surface area contributed by atoms with E-state index in [-0.39, 0.29) is 18.5 Å². The minimum absolute atomic E-state index is 0.0208. The highest BCUT2D eigenvalue weighted by Crippen LogP contribution is 2.19. The summed E-state index contributed by atoms with van der Waals surface area (Å²) in [6, 6.07) is -0.626. The molecule has 0 aliphatic heterocycles. The van der Waals surface area contributed by atoms with Crippen molar-refractivity contribution in [2.75, 3.05) is 13.2 Å². The molecule has 458 valence electrons. The van der Waals surface area contributed by atoms with E-state index in [1.54, 1.807) is 6.08 Å². The number of unbranched alkanes of at least 4 members (excludes halogenated alkanes) is 56. The van der Waals surface area contributed by atoms with E-state index in [9.17, 15) is 19.8 Å². The summed E-state index contributed by atoms with van der Waals surface area (Å²) < 4.78 is 5.50. The molecule has 0 bridgehead atoms. The average Bonchev–Trinajstić information content (AvgIpc) is 3.43. The molecule has 0 rings (SSSR count). The summed E-state index contributed by atoms with van der Waals surface area (Å²) in [5.41, 5.74) is 0. The normalized spacial score (nSPS) is 12.5. The molecule has 0 heterocycles. The van der Waals surface area contributed by atoms with E-state index in [2.05, 4.69) is 19.2 Å². The van der Waals surface area contributed by atoms with Crippen LogP contribution < -0.4 is 5.32 Å². The van der Waals surface area contributed by atoms with Gasteiger partial charge in [-0.15, -0.1) is 0 Å². The smallest absolute Gasteiger partial charge is 0.305 e. The molecule has 1 amide bonds. The highest BCUT2D eigenvalue weighted by atomic mass is 16.5. The molecule has 0 radical (unpaired) electrons. The van der Waals surface area contributed by atoms with Crippen molar-refractivity contribution in [3.05, 3.63) is 12.2 Å². The fourth-order valence-electron chi connectivity index (χ4n) is 11.4. The molecule has 0 saturated carbocycles. The summed E-state index contributed by atoms with van der Waals surface area (Å²) in [6.07, 6.45) is 82.9. The Bertz CT molecular complexity index is 1160. The number of esters is 1. The molecular formula is C71H139NO5. The molecule has 0 aliphatic carbocycles. The predicted octanol–water partition coefficient (Wildman–Crippen LogP) is 22.8. The molecule has 0 aliphatic rings. The number of nitrogens with one attached hydrogen (secondary N) is 1. The van der Waals surface area contributed by atoms with Gasteiger partial charge in [-0.25, -0.2) is 0 Å². The molecule has 6 heteroatoms. The van der Waals surface area contributed by atoms with E-state index in [0.717, 1.165) is 38.5 Å². The van der Waals surface area contributed by atoms with E-state index < -0.39 is 12.1 Å². The van der Waals surface area contributed by atoms with Crippen molar-refractivity contribution in [1.82, 2.24) is 5.32 Å². The predicted molar refractivity (Wildman–Crippen MR) is 338 cm³/mol. The Morgan fingerprint density at radius 3 is 0.883 bits per heavy atom. The monoisotopic (exact) mass is 1090 g/mol. The summed E-state index contributed by atoms with van der Waals surface area (Å²) >= 11 is 0. The van der Waals surface area contributed by atoms with Crippen LogP contribution in [-0.2, 0) is 14.3 Å². The van der Waals surface area contributed by atoms with Crippen LogP contribution in [0.5, 0.6) is 0 Å². The number of rotatable bonds is 67. The fraction of sp³-hybridized carbons (Fsp3) is 0.944. The van der Waals surface area contributed by atoms with Gasteiger partial charge in [0.25, 0.3) is 0 Å². The molecule has 2 atom stereocenters. The topological polar surface area (TPSA) is 95.9 Å². The van der Waals surface area contributed by atoms with Crippen LogP contribution in [0.1, 0.15) is 406 Å². The SMILES string of the molecule is CCCCCCCCCCCCCCCCCCC/C=C/C(O)C(CO)NC(=O)CCCCCCCCCCCCCCCCCCCCCCCCCCCCOC(=O)CCCCCCCCCCCCCCCCC. The zero-order valence-electron chi connectivity index (χ0n) is 52.5. The number of carbonyl (C=O) groups excluding carboxylic acids is 2. The molecule has 0 saturated heterocycles. The number of aliphatic hydroxyl groups is 2. The second kappa shape index (κ2) is 67.1. The Morgan fingerprint density at radius 1 is 0.351 bits per heavy atom. The van der Waals surface area contributed by atoms with Crippen molar-refractivity contribution in [2.24, 2.45) is 0 Å². The number of ether oxygens (including phenoxy) is 1.